The number of thioether (sulfide) groups is 1. The number of hydrogen-bond acceptors (Lipinski definition) is 8. The Morgan fingerprint density at radius 3 is 2.40 bits per heavy atom. The van der Waals surface area contributed by atoms with Crippen LogP contribution in [0.15, 0.2) is 108 Å². The minimum Gasteiger partial charge on any atom is -0.378 e. The van der Waals surface area contributed by atoms with Crippen LogP contribution >= 0.6 is 11.8 Å². The highest BCUT2D eigenvalue weighted by atomic mass is 32.2. The maximum Gasteiger partial charge on any atom is 0.262 e. The number of aromatic nitrogens is 1. The topological polar surface area (TPSA) is 107 Å². The third-order valence-electron chi connectivity index (χ3n) is 9.07. The van der Waals surface area contributed by atoms with E-state index >= 15 is 4.39 Å². The van der Waals surface area contributed by atoms with E-state index in [1.165, 1.54) is 16.7 Å². The van der Waals surface area contributed by atoms with Crippen molar-refractivity contribution in [2.45, 2.75) is 36.8 Å². The lowest BCUT2D eigenvalue weighted by atomic mass is 10.1. The van der Waals surface area contributed by atoms with Crippen LogP contribution in [-0.4, -0.2) is 76.6 Å². The van der Waals surface area contributed by atoms with Crippen molar-refractivity contribution in [2.24, 2.45) is 4.99 Å². The molecule has 7 rings (SSSR count). The van der Waals surface area contributed by atoms with Crippen molar-refractivity contribution in [2.75, 3.05) is 43.1 Å². The summed E-state index contributed by atoms with van der Waals surface area (Å²) in [7, 11) is 0. The standard InChI is InChI=1S/C38H37FN6O4S/c39-33(26-7-2-1-3-8-26)36(47)44-20-6-10-32(44)35(46)41-28-13-11-27(12-14-28)34-37(48)45(25-30-9-4-5-19-40-30)38(50-34)42-29-15-17-31(18-16-29)43-21-23-49-24-22-43/h1-5,7-9,11-19,32-34H,6,10,20-25H2,(H,41,46)/t32-,33?,34?/m1/s1. The Morgan fingerprint density at radius 2 is 1.68 bits per heavy atom. The number of halogens is 1. The summed E-state index contributed by atoms with van der Waals surface area (Å²) in [4.78, 5) is 54.8. The zero-order chi connectivity index (χ0) is 34.5. The highest BCUT2D eigenvalue weighted by molar-refractivity contribution is 8.15. The zero-order valence-electron chi connectivity index (χ0n) is 27.4. The van der Waals surface area contributed by atoms with E-state index in [4.69, 9.17) is 9.73 Å². The number of benzene rings is 3. The van der Waals surface area contributed by atoms with Gasteiger partial charge in [-0.15, -0.1) is 0 Å². The fourth-order valence-electron chi connectivity index (χ4n) is 6.40. The molecule has 3 aliphatic heterocycles. The molecule has 50 heavy (non-hydrogen) atoms. The van der Waals surface area contributed by atoms with Crippen LogP contribution in [-0.2, 0) is 25.7 Å². The summed E-state index contributed by atoms with van der Waals surface area (Å²) in [6, 6.07) is 28.2. The number of ether oxygens (including phenoxy) is 1. The Morgan fingerprint density at radius 1 is 0.940 bits per heavy atom. The van der Waals surface area contributed by atoms with Gasteiger partial charge in [-0.2, -0.15) is 0 Å². The van der Waals surface area contributed by atoms with Crippen molar-refractivity contribution in [3.8, 4) is 0 Å². The van der Waals surface area contributed by atoms with Crippen LogP contribution in [0.1, 0.15) is 41.1 Å². The molecule has 0 bridgehead atoms. The highest BCUT2D eigenvalue weighted by Crippen LogP contribution is 2.41. The summed E-state index contributed by atoms with van der Waals surface area (Å²) in [6.07, 6.45) is 0.941. The van der Waals surface area contributed by atoms with Gasteiger partial charge in [0.25, 0.3) is 5.91 Å². The molecule has 256 valence electrons. The Kier molecular flexibility index (Phi) is 10.2. The number of morpholine rings is 1. The molecular weight excluding hydrogens is 656 g/mol. The molecule has 0 radical (unpaired) electrons. The molecule has 4 heterocycles. The molecule has 3 saturated heterocycles. The number of carbonyl (C=O) groups excluding carboxylic acids is 3. The second kappa shape index (κ2) is 15.2. The molecule has 3 aromatic carbocycles. The van der Waals surface area contributed by atoms with Crippen LogP contribution in [0.5, 0.6) is 0 Å². The van der Waals surface area contributed by atoms with Crippen molar-refractivity contribution in [1.82, 2.24) is 14.8 Å². The van der Waals surface area contributed by atoms with Gasteiger partial charge < -0.3 is 19.9 Å². The zero-order valence-corrected chi connectivity index (χ0v) is 28.2. The number of alkyl halides is 1. The lowest BCUT2D eigenvalue weighted by Crippen LogP contribution is -2.44. The highest BCUT2D eigenvalue weighted by Gasteiger charge is 2.40. The second-order valence-corrected chi connectivity index (χ2v) is 13.4. The van der Waals surface area contributed by atoms with Crippen LogP contribution in [0.4, 0.5) is 21.5 Å². The third-order valence-corrected chi connectivity index (χ3v) is 10.3. The monoisotopic (exact) mass is 692 g/mol. The van der Waals surface area contributed by atoms with E-state index in [0.29, 0.717) is 43.5 Å². The van der Waals surface area contributed by atoms with Crippen LogP contribution in [0.2, 0.25) is 0 Å². The summed E-state index contributed by atoms with van der Waals surface area (Å²) in [5, 5.41) is 2.92. The van der Waals surface area contributed by atoms with Crippen molar-refractivity contribution in [3.05, 3.63) is 120 Å². The predicted octanol–water partition coefficient (Wildman–Crippen LogP) is 6.06. The van der Waals surface area contributed by atoms with Crippen LogP contribution in [0.25, 0.3) is 0 Å². The first kappa shape index (κ1) is 33.4. The molecule has 3 atom stereocenters. The molecule has 12 heteroatoms. The molecule has 3 fully saturated rings. The first-order valence-corrected chi connectivity index (χ1v) is 17.6. The number of pyridine rings is 1. The predicted molar refractivity (Wildman–Crippen MR) is 192 cm³/mol. The lowest BCUT2D eigenvalue weighted by molar-refractivity contribution is -0.141. The van der Waals surface area contributed by atoms with E-state index in [-0.39, 0.29) is 23.9 Å². The Hall–Kier alpha value is -5.07. The maximum atomic E-state index is 15.1. The van der Waals surface area contributed by atoms with E-state index in [0.717, 1.165) is 35.7 Å². The van der Waals surface area contributed by atoms with Gasteiger partial charge in [-0.05, 0) is 72.5 Å². The summed E-state index contributed by atoms with van der Waals surface area (Å²) in [6.45, 7) is 3.69. The number of hydrogen-bond donors (Lipinski definition) is 1. The lowest BCUT2D eigenvalue weighted by Gasteiger charge is -2.28. The van der Waals surface area contributed by atoms with E-state index in [1.54, 1.807) is 53.6 Å². The normalized spacial score (nSPS) is 20.7. The van der Waals surface area contributed by atoms with Crippen LogP contribution < -0.4 is 10.2 Å². The number of carbonyl (C=O) groups is 3. The number of nitrogens with zero attached hydrogens (tertiary/aromatic N) is 5. The molecule has 0 spiro atoms. The van der Waals surface area contributed by atoms with Gasteiger partial charge in [-0.25, -0.2) is 9.38 Å². The quantitative estimate of drug-likeness (QED) is 0.227. The Balaban J connectivity index is 1.05. The molecule has 4 aromatic rings. The summed E-state index contributed by atoms with van der Waals surface area (Å²) < 4.78 is 20.6. The number of amidine groups is 1. The molecule has 0 saturated carbocycles. The average Bonchev–Trinajstić information content (AvgIpc) is 3.78. The fourth-order valence-corrected chi connectivity index (χ4v) is 7.57. The molecule has 3 aliphatic rings. The number of aliphatic imine (C=N–C) groups is 1. The van der Waals surface area contributed by atoms with E-state index in [1.807, 2.05) is 54.6 Å². The number of amides is 3. The van der Waals surface area contributed by atoms with E-state index < -0.39 is 23.4 Å². The maximum absolute atomic E-state index is 15.1. The number of anilines is 2. The Bertz CT molecular complexity index is 1840. The average molecular weight is 693 g/mol. The summed E-state index contributed by atoms with van der Waals surface area (Å²) in [5.74, 6) is -1.19. The smallest absolute Gasteiger partial charge is 0.262 e. The number of nitrogens with one attached hydrogen (secondary N) is 1. The molecular formula is C38H37FN6O4S. The minimum absolute atomic E-state index is 0.111. The van der Waals surface area contributed by atoms with Crippen molar-refractivity contribution in [3.63, 3.8) is 0 Å². The van der Waals surface area contributed by atoms with Gasteiger partial charge >= 0.3 is 0 Å². The van der Waals surface area contributed by atoms with Crippen LogP contribution in [0.3, 0.4) is 0 Å². The Labute approximate surface area is 294 Å². The number of likely N-dealkylation sites (tertiary alicyclic amines) is 1. The second-order valence-electron chi connectivity index (χ2n) is 12.3. The molecule has 0 aliphatic carbocycles. The summed E-state index contributed by atoms with van der Waals surface area (Å²) in [5.41, 5.74) is 4.15. The molecule has 3 amide bonds. The first-order valence-electron chi connectivity index (χ1n) is 16.7. The van der Waals surface area contributed by atoms with Gasteiger partial charge in [0.1, 0.15) is 11.3 Å². The third kappa shape index (κ3) is 7.41. The largest absolute Gasteiger partial charge is 0.378 e. The van der Waals surface area contributed by atoms with Gasteiger partial charge in [-0.3, -0.25) is 24.3 Å². The minimum atomic E-state index is -1.83. The van der Waals surface area contributed by atoms with Crippen molar-refractivity contribution in [1.29, 1.82) is 0 Å². The fraction of sp³-hybridized carbons (Fsp3) is 0.289. The first-order chi connectivity index (χ1) is 24.4. The van der Waals surface area contributed by atoms with Crippen LogP contribution in [0, 0.1) is 0 Å². The van der Waals surface area contributed by atoms with Crippen molar-refractivity contribution < 1.29 is 23.5 Å². The van der Waals surface area contributed by atoms with Gasteiger partial charge in [0, 0.05) is 37.2 Å². The van der Waals surface area contributed by atoms with E-state index in [9.17, 15) is 14.4 Å². The van der Waals surface area contributed by atoms with Gasteiger partial charge in [0.15, 0.2) is 5.17 Å². The summed E-state index contributed by atoms with van der Waals surface area (Å²) >= 11 is 1.38. The van der Waals surface area contributed by atoms with Gasteiger partial charge in [-0.1, -0.05) is 60.3 Å². The SMILES string of the molecule is O=C(Nc1ccc(C2SC(=Nc3ccc(N4CCOCC4)cc3)N(Cc3ccccn3)C2=O)cc1)[C@H]1CCCN1C(=O)C(F)c1ccccc1. The molecule has 1 aromatic heterocycles. The van der Waals surface area contributed by atoms with Crippen molar-refractivity contribution >= 4 is 51.7 Å². The molecule has 10 nitrogen and oxygen atoms in total. The van der Waals surface area contributed by atoms with E-state index in [2.05, 4.69) is 15.2 Å². The van der Waals surface area contributed by atoms with Gasteiger partial charge in [0.2, 0.25) is 18.0 Å². The van der Waals surface area contributed by atoms with Gasteiger partial charge in [0.05, 0.1) is 31.1 Å². The molecule has 2 unspecified atom stereocenters. The molecule has 1 N–H and O–H groups in total. The number of rotatable bonds is 9.